The first-order valence-electron chi connectivity index (χ1n) is 5.99. The van der Waals surface area contributed by atoms with Gasteiger partial charge in [0.05, 0.1) is 18.5 Å². The number of aromatic nitrogens is 1. The van der Waals surface area contributed by atoms with E-state index < -0.39 is 0 Å². The number of rotatable bonds is 5. The number of ether oxygens (including phenoxy) is 1. The van der Waals surface area contributed by atoms with Crippen LogP contribution in [0.2, 0.25) is 5.15 Å². The Hall–Kier alpha value is -1.94. The van der Waals surface area contributed by atoms with Gasteiger partial charge < -0.3 is 15.2 Å². The summed E-state index contributed by atoms with van der Waals surface area (Å²) in [6, 6.07) is 8.97. The molecule has 0 aliphatic rings. The minimum absolute atomic E-state index is 0.166. The molecule has 0 aliphatic carbocycles. The molecule has 0 spiro atoms. The van der Waals surface area contributed by atoms with Crippen molar-refractivity contribution >= 4 is 17.3 Å². The van der Waals surface area contributed by atoms with E-state index in [1.54, 1.807) is 18.3 Å². The van der Waals surface area contributed by atoms with Crippen molar-refractivity contribution in [1.82, 2.24) is 4.98 Å². The molecule has 2 rings (SSSR count). The Morgan fingerprint density at radius 3 is 2.84 bits per heavy atom. The number of nitrogens with one attached hydrogen (secondary N) is 1. The van der Waals surface area contributed by atoms with E-state index in [1.807, 2.05) is 25.1 Å². The number of hydrogen-bond acceptors (Lipinski definition) is 4. The fourth-order valence-electron chi connectivity index (χ4n) is 1.66. The highest BCUT2D eigenvalue weighted by molar-refractivity contribution is 6.29. The van der Waals surface area contributed by atoms with Gasteiger partial charge >= 0.3 is 0 Å². The highest BCUT2D eigenvalue weighted by Gasteiger charge is 2.07. The molecule has 0 radical (unpaired) electrons. The molecular weight excluding hydrogens is 264 g/mol. The number of hydrogen-bond donors (Lipinski definition) is 2. The normalized spacial score (nSPS) is 10.2. The summed E-state index contributed by atoms with van der Waals surface area (Å²) >= 11 is 5.71. The highest BCUT2D eigenvalue weighted by Crippen LogP contribution is 2.30. The first-order valence-corrected chi connectivity index (χ1v) is 6.37. The van der Waals surface area contributed by atoms with Gasteiger partial charge in [-0.2, -0.15) is 0 Å². The van der Waals surface area contributed by atoms with Crippen molar-refractivity contribution in [2.75, 3.05) is 11.9 Å². The fourth-order valence-corrected chi connectivity index (χ4v) is 1.77. The molecule has 5 heteroatoms. The third-order valence-electron chi connectivity index (χ3n) is 2.59. The molecular formula is C14H15ClN2O2. The molecule has 100 valence electrons. The molecule has 0 aliphatic heterocycles. The number of pyridine rings is 1. The van der Waals surface area contributed by atoms with E-state index in [-0.39, 0.29) is 5.75 Å². The number of phenolic OH excluding ortho intramolecular Hbond substituents is 1. The van der Waals surface area contributed by atoms with Crippen molar-refractivity contribution in [2.24, 2.45) is 0 Å². The van der Waals surface area contributed by atoms with Crippen LogP contribution < -0.4 is 10.1 Å². The Balaban J connectivity index is 2.07. The molecule has 2 aromatic rings. The number of phenols is 1. The van der Waals surface area contributed by atoms with Crippen LogP contribution in [-0.2, 0) is 6.54 Å². The second-order valence-corrected chi connectivity index (χ2v) is 4.31. The molecule has 1 heterocycles. The number of para-hydroxylation sites is 1. The maximum absolute atomic E-state index is 10.0. The Labute approximate surface area is 117 Å². The molecule has 0 amide bonds. The Morgan fingerprint density at radius 2 is 2.16 bits per heavy atom. The van der Waals surface area contributed by atoms with Gasteiger partial charge in [0.1, 0.15) is 5.15 Å². The molecule has 19 heavy (non-hydrogen) atoms. The maximum Gasteiger partial charge on any atom is 0.162 e. The van der Waals surface area contributed by atoms with Crippen LogP contribution in [0.25, 0.3) is 0 Å². The zero-order valence-electron chi connectivity index (χ0n) is 10.6. The smallest absolute Gasteiger partial charge is 0.162 e. The summed E-state index contributed by atoms with van der Waals surface area (Å²) in [5.41, 5.74) is 1.60. The molecule has 0 bridgehead atoms. The standard InChI is InChI=1S/C14H15ClN2O2/c1-2-19-12-5-3-4-10(14(12)18)8-16-11-6-7-13(15)17-9-11/h3-7,9,16,18H,2,8H2,1H3. The minimum atomic E-state index is 0.166. The van der Waals surface area contributed by atoms with Crippen LogP contribution in [0.5, 0.6) is 11.5 Å². The Kier molecular flexibility index (Phi) is 4.47. The maximum atomic E-state index is 10.0. The number of aromatic hydroxyl groups is 1. The lowest BCUT2D eigenvalue weighted by atomic mass is 10.2. The van der Waals surface area contributed by atoms with E-state index in [9.17, 15) is 5.11 Å². The van der Waals surface area contributed by atoms with E-state index in [0.29, 0.717) is 24.1 Å². The van der Waals surface area contributed by atoms with Crippen LogP contribution in [0.4, 0.5) is 5.69 Å². The quantitative estimate of drug-likeness (QED) is 0.823. The van der Waals surface area contributed by atoms with Gasteiger partial charge in [-0.1, -0.05) is 23.7 Å². The van der Waals surface area contributed by atoms with Crippen LogP contribution in [0.1, 0.15) is 12.5 Å². The second-order valence-electron chi connectivity index (χ2n) is 3.92. The molecule has 1 aromatic carbocycles. The molecule has 0 fully saturated rings. The van der Waals surface area contributed by atoms with E-state index >= 15 is 0 Å². The van der Waals surface area contributed by atoms with Crippen molar-refractivity contribution in [3.63, 3.8) is 0 Å². The van der Waals surface area contributed by atoms with Gasteiger partial charge in [-0.05, 0) is 25.1 Å². The number of halogens is 1. The van der Waals surface area contributed by atoms with Gasteiger partial charge in [0.15, 0.2) is 11.5 Å². The lowest BCUT2D eigenvalue weighted by Crippen LogP contribution is -2.01. The lowest BCUT2D eigenvalue weighted by Gasteiger charge is -2.11. The summed E-state index contributed by atoms with van der Waals surface area (Å²) in [4.78, 5) is 3.98. The Morgan fingerprint density at radius 1 is 1.32 bits per heavy atom. The highest BCUT2D eigenvalue weighted by atomic mass is 35.5. The zero-order chi connectivity index (χ0) is 13.7. The average Bonchev–Trinajstić information content (AvgIpc) is 2.42. The van der Waals surface area contributed by atoms with E-state index in [2.05, 4.69) is 10.3 Å². The molecule has 0 saturated heterocycles. The van der Waals surface area contributed by atoms with Gasteiger partial charge in [-0.15, -0.1) is 0 Å². The largest absolute Gasteiger partial charge is 0.504 e. The minimum Gasteiger partial charge on any atom is -0.504 e. The summed E-state index contributed by atoms with van der Waals surface area (Å²) in [5.74, 6) is 0.662. The summed E-state index contributed by atoms with van der Waals surface area (Å²) in [6.07, 6.45) is 1.64. The summed E-state index contributed by atoms with van der Waals surface area (Å²) < 4.78 is 5.34. The van der Waals surface area contributed by atoms with Gasteiger partial charge in [0, 0.05) is 12.1 Å². The van der Waals surface area contributed by atoms with Crippen molar-refractivity contribution in [2.45, 2.75) is 13.5 Å². The van der Waals surface area contributed by atoms with Crippen LogP contribution >= 0.6 is 11.6 Å². The van der Waals surface area contributed by atoms with Gasteiger partial charge in [-0.25, -0.2) is 4.98 Å². The second kappa shape index (κ2) is 6.29. The van der Waals surface area contributed by atoms with Crippen molar-refractivity contribution in [1.29, 1.82) is 0 Å². The summed E-state index contributed by atoms with van der Waals surface area (Å²) in [6.45, 7) is 2.88. The number of nitrogens with zero attached hydrogens (tertiary/aromatic N) is 1. The van der Waals surface area contributed by atoms with Crippen molar-refractivity contribution in [3.05, 3.63) is 47.2 Å². The first-order chi connectivity index (χ1) is 9.20. The van der Waals surface area contributed by atoms with Crippen molar-refractivity contribution in [3.8, 4) is 11.5 Å². The van der Waals surface area contributed by atoms with Gasteiger partial charge in [0.2, 0.25) is 0 Å². The third kappa shape index (κ3) is 3.51. The van der Waals surface area contributed by atoms with Crippen LogP contribution in [0, 0.1) is 0 Å². The van der Waals surface area contributed by atoms with Crippen LogP contribution in [0.15, 0.2) is 36.5 Å². The van der Waals surface area contributed by atoms with E-state index in [1.165, 1.54) is 0 Å². The Bertz CT molecular complexity index is 544. The molecule has 4 nitrogen and oxygen atoms in total. The monoisotopic (exact) mass is 278 g/mol. The topological polar surface area (TPSA) is 54.4 Å². The number of anilines is 1. The fraction of sp³-hybridized carbons (Fsp3) is 0.214. The summed E-state index contributed by atoms with van der Waals surface area (Å²) in [5, 5.41) is 13.7. The molecule has 0 atom stereocenters. The lowest BCUT2D eigenvalue weighted by molar-refractivity contribution is 0.317. The van der Waals surface area contributed by atoms with E-state index in [4.69, 9.17) is 16.3 Å². The number of benzene rings is 1. The van der Waals surface area contributed by atoms with Crippen LogP contribution in [0.3, 0.4) is 0 Å². The molecule has 0 unspecified atom stereocenters. The molecule has 0 saturated carbocycles. The van der Waals surface area contributed by atoms with Gasteiger partial charge in [0.25, 0.3) is 0 Å². The SMILES string of the molecule is CCOc1cccc(CNc2ccc(Cl)nc2)c1O. The predicted molar refractivity (Wildman–Crippen MR) is 75.8 cm³/mol. The van der Waals surface area contributed by atoms with E-state index in [0.717, 1.165) is 11.3 Å². The molecule has 2 N–H and O–H groups in total. The third-order valence-corrected chi connectivity index (χ3v) is 2.82. The van der Waals surface area contributed by atoms with Crippen LogP contribution in [-0.4, -0.2) is 16.7 Å². The first kappa shape index (κ1) is 13.5. The molecule has 1 aromatic heterocycles. The average molecular weight is 279 g/mol. The van der Waals surface area contributed by atoms with Crippen molar-refractivity contribution < 1.29 is 9.84 Å². The van der Waals surface area contributed by atoms with Gasteiger partial charge in [-0.3, -0.25) is 0 Å². The predicted octanol–water partition coefficient (Wildman–Crippen LogP) is 3.45. The summed E-state index contributed by atoms with van der Waals surface area (Å²) in [7, 11) is 0. The zero-order valence-corrected chi connectivity index (χ0v) is 11.3.